The number of nitrogens with zero attached hydrogens (tertiary/aromatic N) is 2. The number of amides is 1. The van der Waals surface area contributed by atoms with Gasteiger partial charge in [0.05, 0.1) is 0 Å². The average molecular weight is 485 g/mol. The van der Waals surface area contributed by atoms with Crippen LogP contribution < -0.4 is 16.0 Å². The fraction of sp³-hybridized carbons (Fsp3) is 0.500. The number of aromatic nitrogens is 1. The molecular weight excluding hydrogens is 453 g/mol. The third kappa shape index (κ3) is 7.40. The van der Waals surface area contributed by atoms with Crippen LogP contribution in [0, 0.1) is 5.41 Å². The summed E-state index contributed by atoms with van der Waals surface area (Å²) in [5.74, 6) is 0.813. The Kier molecular flexibility index (Phi) is 9.62. The number of hydrogen-bond donors (Lipinski definition) is 3. The molecule has 0 radical (unpaired) electrons. The Bertz CT molecular complexity index is 748. The SMILES string of the molecule is CN=C(NCCCn1ccc2ccccc21)NCCNC(=O)C(C)(C)C.I. The van der Waals surface area contributed by atoms with Gasteiger partial charge in [0, 0.05) is 50.4 Å². The number of benzene rings is 1. The lowest BCUT2D eigenvalue weighted by molar-refractivity contribution is -0.128. The number of rotatable bonds is 7. The highest BCUT2D eigenvalue weighted by Gasteiger charge is 2.20. The second-order valence-electron chi connectivity index (χ2n) is 7.35. The molecule has 1 amide bonds. The molecule has 1 heterocycles. The largest absolute Gasteiger partial charge is 0.356 e. The first-order valence-corrected chi connectivity index (χ1v) is 9.18. The molecule has 3 N–H and O–H groups in total. The molecule has 0 unspecified atom stereocenters. The summed E-state index contributed by atoms with van der Waals surface area (Å²) in [6, 6.07) is 10.6. The average Bonchev–Trinajstić information content (AvgIpc) is 3.02. The molecule has 0 aliphatic rings. The fourth-order valence-corrected chi connectivity index (χ4v) is 2.63. The number of halogens is 1. The van der Waals surface area contributed by atoms with Gasteiger partial charge in [0.25, 0.3) is 0 Å². The highest BCUT2D eigenvalue weighted by molar-refractivity contribution is 14.0. The zero-order chi connectivity index (χ0) is 19.0. The zero-order valence-corrected chi connectivity index (χ0v) is 19.0. The first-order valence-electron chi connectivity index (χ1n) is 9.18. The smallest absolute Gasteiger partial charge is 0.225 e. The normalized spacial score (nSPS) is 11.8. The van der Waals surface area contributed by atoms with E-state index in [1.54, 1.807) is 7.05 Å². The van der Waals surface area contributed by atoms with E-state index in [9.17, 15) is 4.79 Å². The van der Waals surface area contributed by atoms with E-state index < -0.39 is 0 Å². The Balaban J connectivity index is 0.00000364. The third-order valence-electron chi connectivity index (χ3n) is 4.16. The highest BCUT2D eigenvalue weighted by atomic mass is 127. The lowest BCUT2D eigenvalue weighted by atomic mass is 9.96. The molecule has 150 valence electrons. The van der Waals surface area contributed by atoms with Crippen molar-refractivity contribution >= 4 is 46.7 Å². The van der Waals surface area contributed by atoms with Crippen LogP contribution >= 0.6 is 24.0 Å². The predicted molar refractivity (Wildman–Crippen MR) is 124 cm³/mol. The van der Waals surface area contributed by atoms with Crippen molar-refractivity contribution in [3.63, 3.8) is 0 Å². The van der Waals surface area contributed by atoms with Crippen LogP contribution in [0.2, 0.25) is 0 Å². The van der Waals surface area contributed by atoms with E-state index in [2.05, 4.69) is 62.0 Å². The molecule has 1 aromatic carbocycles. The molecule has 0 saturated heterocycles. The standard InChI is InChI=1S/C20H31N5O.HI/c1-20(2,3)18(26)22-12-13-24-19(21-4)23-11-7-14-25-15-10-16-8-5-6-9-17(16)25;/h5-6,8-10,15H,7,11-14H2,1-4H3,(H,22,26)(H2,21,23,24);1H. The van der Waals surface area contributed by atoms with Gasteiger partial charge in [0.15, 0.2) is 5.96 Å². The van der Waals surface area contributed by atoms with Gasteiger partial charge in [-0.15, -0.1) is 24.0 Å². The lowest BCUT2D eigenvalue weighted by Crippen LogP contribution is -2.43. The van der Waals surface area contributed by atoms with Crippen LogP contribution in [0.15, 0.2) is 41.5 Å². The van der Waals surface area contributed by atoms with E-state index in [4.69, 9.17) is 0 Å². The number of guanidine groups is 1. The number of carbonyl (C=O) groups is 1. The molecule has 0 aliphatic heterocycles. The van der Waals surface area contributed by atoms with E-state index in [1.807, 2.05) is 20.8 Å². The van der Waals surface area contributed by atoms with Crippen molar-refractivity contribution in [2.75, 3.05) is 26.7 Å². The van der Waals surface area contributed by atoms with E-state index >= 15 is 0 Å². The monoisotopic (exact) mass is 485 g/mol. The van der Waals surface area contributed by atoms with Crippen molar-refractivity contribution in [1.29, 1.82) is 0 Å². The topological polar surface area (TPSA) is 70.5 Å². The number of aliphatic imine (C=N–C) groups is 1. The molecule has 7 heteroatoms. The quantitative estimate of drug-likeness (QED) is 0.245. The fourth-order valence-electron chi connectivity index (χ4n) is 2.63. The molecule has 1 aromatic heterocycles. The van der Waals surface area contributed by atoms with Gasteiger partial charge in [-0.1, -0.05) is 39.0 Å². The first-order chi connectivity index (χ1) is 12.4. The minimum Gasteiger partial charge on any atom is -0.356 e. The van der Waals surface area contributed by atoms with Gasteiger partial charge in [-0.2, -0.15) is 0 Å². The van der Waals surface area contributed by atoms with Gasteiger partial charge >= 0.3 is 0 Å². The number of carbonyl (C=O) groups excluding carboxylic acids is 1. The maximum absolute atomic E-state index is 11.8. The minimum atomic E-state index is -0.359. The van der Waals surface area contributed by atoms with Crippen LogP contribution in [0.5, 0.6) is 0 Å². The van der Waals surface area contributed by atoms with Crippen LogP contribution in [0.25, 0.3) is 10.9 Å². The third-order valence-corrected chi connectivity index (χ3v) is 4.16. The van der Waals surface area contributed by atoms with Crippen LogP contribution in [0.4, 0.5) is 0 Å². The number of nitrogens with one attached hydrogen (secondary N) is 3. The van der Waals surface area contributed by atoms with E-state index in [0.717, 1.165) is 25.5 Å². The summed E-state index contributed by atoms with van der Waals surface area (Å²) < 4.78 is 2.27. The zero-order valence-electron chi connectivity index (χ0n) is 16.7. The first kappa shape index (κ1) is 23.3. The Hall–Kier alpha value is -1.77. The van der Waals surface area contributed by atoms with Gasteiger partial charge in [0.1, 0.15) is 0 Å². The number of para-hydroxylation sites is 1. The maximum Gasteiger partial charge on any atom is 0.225 e. The summed E-state index contributed by atoms with van der Waals surface area (Å²) in [4.78, 5) is 16.0. The number of hydrogen-bond acceptors (Lipinski definition) is 2. The Morgan fingerprint density at radius 2 is 1.70 bits per heavy atom. The minimum absolute atomic E-state index is 0. The summed E-state index contributed by atoms with van der Waals surface area (Å²) in [5, 5.41) is 10.7. The summed E-state index contributed by atoms with van der Waals surface area (Å²) in [6.45, 7) is 8.73. The molecule has 0 atom stereocenters. The Morgan fingerprint density at radius 1 is 1.04 bits per heavy atom. The molecule has 0 fully saturated rings. The molecule has 0 saturated carbocycles. The molecule has 2 aromatic rings. The van der Waals surface area contributed by atoms with Crippen molar-refractivity contribution in [3.8, 4) is 0 Å². The second kappa shape index (κ2) is 11.2. The van der Waals surface area contributed by atoms with Crippen molar-refractivity contribution in [3.05, 3.63) is 36.5 Å². The molecule has 27 heavy (non-hydrogen) atoms. The van der Waals surface area contributed by atoms with Gasteiger partial charge in [-0.05, 0) is 23.9 Å². The van der Waals surface area contributed by atoms with Crippen molar-refractivity contribution in [2.45, 2.75) is 33.7 Å². The molecule has 2 rings (SSSR count). The summed E-state index contributed by atoms with van der Waals surface area (Å²) in [6.07, 6.45) is 3.13. The molecular formula is C20H32IN5O. The van der Waals surface area contributed by atoms with E-state index in [1.165, 1.54) is 10.9 Å². The van der Waals surface area contributed by atoms with E-state index in [0.29, 0.717) is 13.1 Å². The summed E-state index contributed by atoms with van der Waals surface area (Å²) in [7, 11) is 1.75. The van der Waals surface area contributed by atoms with Gasteiger partial charge in [-0.3, -0.25) is 9.79 Å². The van der Waals surface area contributed by atoms with Gasteiger partial charge in [0.2, 0.25) is 5.91 Å². The second-order valence-corrected chi connectivity index (χ2v) is 7.35. The number of aryl methyl sites for hydroxylation is 1. The van der Waals surface area contributed by atoms with Gasteiger partial charge < -0.3 is 20.5 Å². The molecule has 0 aliphatic carbocycles. The van der Waals surface area contributed by atoms with Crippen molar-refractivity contribution < 1.29 is 4.79 Å². The van der Waals surface area contributed by atoms with Crippen LogP contribution in [0.3, 0.4) is 0 Å². The van der Waals surface area contributed by atoms with Crippen LogP contribution in [-0.2, 0) is 11.3 Å². The predicted octanol–water partition coefficient (Wildman–Crippen LogP) is 2.98. The van der Waals surface area contributed by atoms with E-state index in [-0.39, 0.29) is 35.3 Å². The summed E-state index contributed by atoms with van der Waals surface area (Å²) in [5.41, 5.74) is 0.910. The highest BCUT2D eigenvalue weighted by Crippen LogP contribution is 2.15. The lowest BCUT2D eigenvalue weighted by Gasteiger charge is -2.18. The molecule has 0 spiro atoms. The summed E-state index contributed by atoms with van der Waals surface area (Å²) >= 11 is 0. The number of fused-ring (bicyclic) bond motifs is 1. The van der Waals surface area contributed by atoms with Crippen molar-refractivity contribution in [2.24, 2.45) is 10.4 Å². The molecule has 6 nitrogen and oxygen atoms in total. The van der Waals surface area contributed by atoms with Gasteiger partial charge in [-0.25, -0.2) is 0 Å². The Morgan fingerprint density at radius 3 is 2.41 bits per heavy atom. The Labute approximate surface area is 179 Å². The van der Waals surface area contributed by atoms with Crippen LogP contribution in [-0.4, -0.2) is 43.1 Å². The maximum atomic E-state index is 11.8. The van der Waals surface area contributed by atoms with Crippen LogP contribution in [0.1, 0.15) is 27.2 Å². The van der Waals surface area contributed by atoms with Crippen molar-refractivity contribution in [1.82, 2.24) is 20.5 Å². The molecule has 0 bridgehead atoms.